The summed E-state index contributed by atoms with van der Waals surface area (Å²) in [5, 5.41) is 0. The Morgan fingerprint density at radius 1 is 1.24 bits per heavy atom. The van der Waals surface area contributed by atoms with Crippen LogP contribution in [0.25, 0.3) is 5.95 Å². The van der Waals surface area contributed by atoms with Gasteiger partial charge in [-0.15, -0.1) is 0 Å². The highest BCUT2D eigenvalue weighted by atomic mass is 15.2. The molecule has 0 saturated carbocycles. The van der Waals surface area contributed by atoms with Crippen LogP contribution in [-0.2, 0) is 12.8 Å². The van der Waals surface area contributed by atoms with Crippen LogP contribution in [0, 0.1) is 6.92 Å². The van der Waals surface area contributed by atoms with E-state index in [1.54, 1.807) is 6.20 Å². The molecule has 17 heavy (non-hydrogen) atoms. The van der Waals surface area contributed by atoms with Gasteiger partial charge in [0.15, 0.2) is 0 Å². The maximum absolute atomic E-state index is 5.80. The Balaban J connectivity index is 2.52. The van der Waals surface area contributed by atoms with E-state index in [0.717, 1.165) is 30.1 Å². The third-order valence-electron chi connectivity index (χ3n) is 2.65. The van der Waals surface area contributed by atoms with Gasteiger partial charge in [-0.3, -0.25) is 4.57 Å². The summed E-state index contributed by atoms with van der Waals surface area (Å²) in [5.74, 6) is 1.61. The Morgan fingerprint density at radius 3 is 2.65 bits per heavy atom. The fraction of sp³-hybridized carbons (Fsp3) is 0.417. The molecule has 5 heteroatoms. The molecule has 0 aromatic carbocycles. The molecule has 2 aromatic rings. The van der Waals surface area contributed by atoms with E-state index in [0.29, 0.717) is 11.6 Å². The Labute approximate surface area is 101 Å². The highest BCUT2D eigenvalue weighted by molar-refractivity contribution is 5.42. The van der Waals surface area contributed by atoms with Crippen molar-refractivity contribution >= 4 is 5.69 Å². The molecule has 0 radical (unpaired) electrons. The number of hydrogen-bond acceptors (Lipinski definition) is 4. The van der Waals surface area contributed by atoms with Gasteiger partial charge in [0, 0.05) is 12.6 Å². The third-order valence-corrected chi connectivity index (χ3v) is 2.65. The quantitative estimate of drug-likeness (QED) is 0.872. The van der Waals surface area contributed by atoms with Gasteiger partial charge in [0.2, 0.25) is 5.95 Å². The second-order valence-electron chi connectivity index (χ2n) is 3.95. The van der Waals surface area contributed by atoms with Gasteiger partial charge in [-0.05, 0) is 13.3 Å². The molecule has 90 valence electrons. The predicted octanol–water partition coefficient (Wildman–Crippen LogP) is 1.68. The number of rotatable bonds is 3. The third kappa shape index (κ3) is 2.13. The molecule has 0 aliphatic heterocycles. The zero-order valence-electron chi connectivity index (χ0n) is 10.4. The van der Waals surface area contributed by atoms with Crippen molar-refractivity contribution in [1.82, 2.24) is 19.5 Å². The smallest absolute Gasteiger partial charge is 0.235 e. The zero-order chi connectivity index (χ0) is 12.4. The summed E-state index contributed by atoms with van der Waals surface area (Å²) >= 11 is 0. The molecule has 2 N–H and O–H groups in total. The maximum Gasteiger partial charge on any atom is 0.235 e. The lowest BCUT2D eigenvalue weighted by atomic mass is 10.3. The molecule has 0 amide bonds. The van der Waals surface area contributed by atoms with Gasteiger partial charge in [-0.25, -0.2) is 15.0 Å². The van der Waals surface area contributed by atoms with E-state index in [2.05, 4.69) is 21.9 Å². The number of nitrogens with zero attached hydrogens (tertiary/aromatic N) is 4. The van der Waals surface area contributed by atoms with Crippen LogP contribution in [-0.4, -0.2) is 19.5 Å². The number of imidazole rings is 1. The summed E-state index contributed by atoms with van der Waals surface area (Å²) in [7, 11) is 0. The van der Waals surface area contributed by atoms with Crippen molar-refractivity contribution in [2.45, 2.75) is 33.6 Å². The minimum absolute atomic E-state index is 0.645. The Bertz CT molecular complexity index is 530. The highest BCUT2D eigenvalue weighted by Gasteiger charge is 2.09. The molecule has 0 unspecified atom stereocenters. The van der Waals surface area contributed by atoms with Crippen LogP contribution in [0.15, 0.2) is 12.4 Å². The van der Waals surface area contributed by atoms with E-state index in [-0.39, 0.29) is 0 Å². The van der Waals surface area contributed by atoms with E-state index in [1.807, 2.05) is 24.6 Å². The van der Waals surface area contributed by atoms with E-state index in [9.17, 15) is 0 Å². The van der Waals surface area contributed by atoms with Gasteiger partial charge in [0.1, 0.15) is 5.82 Å². The Kier molecular flexibility index (Phi) is 3.08. The lowest BCUT2D eigenvalue weighted by molar-refractivity contribution is 0.822. The standard InChI is InChI=1S/C12H17N5/c1-4-10-9(13)6-14-12(16-10)17-7-8(3)15-11(17)5-2/h6-7H,4-5,13H2,1-3H3. The number of aryl methyl sites for hydroxylation is 3. The summed E-state index contributed by atoms with van der Waals surface area (Å²) in [6, 6.07) is 0. The van der Waals surface area contributed by atoms with Crippen molar-refractivity contribution < 1.29 is 0 Å². The molecule has 2 aromatic heterocycles. The molecular formula is C12H17N5. The van der Waals surface area contributed by atoms with Crippen molar-refractivity contribution in [3.8, 4) is 5.95 Å². The lowest BCUT2D eigenvalue weighted by Gasteiger charge is -2.07. The largest absolute Gasteiger partial charge is 0.396 e. The predicted molar refractivity (Wildman–Crippen MR) is 67.1 cm³/mol. The fourth-order valence-electron chi connectivity index (χ4n) is 1.79. The van der Waals surface area contributed by atoms with Crippen molar-refractivity contribution in [2.75, 3.05) is 5.73 Å². The van der Waals surface area contributed by atoms with Crippen molar-refractivity contribution in [3.63, 3.8) is 0 Å². The summed E-state index contributed by atoms with van der Waals surface area (Å²) in [5.41, 5.74) is 8.30. The Morgan fingerprint density at radius 2 is 2.00 bits per heavy atom. The van der Waals surface area contributed by atoms with Gasteiger partial charge in [-0.1, -0.05) is 13.8 Å². The molecule has 0 bridgehead atoms. The molecule has 5 nitrogen and oxygen atoms in total. The second kappa shape index (κ2) is 4.53. The average molecular weight is 231 g/mol. The number of nitrogen functional groups attached to an aromatic ring is 1. The number of nitrogens with two attached hydrogens (primary N) is 1. The normalized spacial score (nSPS) is 10.8. The summed E-state index contributed by atoms with van der Waals surface area (Å²) in [4.78, 5) is 13.2. The molecule has 0 aliphatic rings. The van der Waals surface area contributed by atoms with Crippen LogP contribution in [0.2, 0.25) is 0 Å². The summed E-state index contributed by atoms with van der Waals surface area (Å²) < 4.78 is 1.92. The second-order valence-corrected chi connectivity index (χ2v) is 3.95. The van der Waals surface area contributed by atoms with E-state index in [4.69, 9.17) is 5.73 Å². The number of aromatic nitrogens is 4. The first-order valence-corrected chi connectivity index (χ1v) is 5.82. The first kappa shape index (κ1) is 11.6. The molecule has 0 atom stereocenters. The minimum Gasteiger partial charge on any atom is -0.396 e. The number of anilines is 1. The minimum atomic E-state index is 0.645. The fourth-order valence-corrected chi connectivity index (χ4v) is 1.79. The van der Waals surface area contributed by atoms with Crippen LogP contribution in [0.1, 0.15) is 31.1 Å². The van der Waals surface area contributed by atoms with Crippen molar-refractivity contribution in [1.29, 1.82) is 0 Å². The molecule has 0 aliphatic carbocycles. The topological polar surface area (TPSA) is 69.6 Å². The number of hydrogen-bond donors (Lipinski definition) is 1. The highest BCUT2D eigenvalue weighted by Crippen LogP contribution is 2.13. The van der Waals surface area contributed by atoms with Gasteiger partial charge < -0.3 is 5.73 Å². The molecule has 2 heterocycles. The molecule has 2 rings (SSSR count). The monoisotopic (exact) mass is 231 g/mol. The van der Waals surface area contributed by atoms with E-state index in [1.165, 1.54) is 0 Å². The Hall–Kier alpha value is -1.91. The van der Waals surface area contributed by atoms with E-state index >= 15 is 0 Å². The van der Waals surface area contributed by atoms with Crippen LogP contribution in [0.3, 0.4) is 0 Å². The van der Waals surface area contributed by atoms with Crippen LogP contribution >= 0.6 is 0 Å². The van der Waals surface area contributed by atoms with Gasteiger partial charge in [-0.2, -0.15) is 0 Å². The first-order chi connectivity index (χ1) is 8.15. The molecule has 0 fully saturated rings. The van der Waals surface area contributed by atoms with E-state index < -0.39 is 0 Å². The van der Waals surface area contributed by atoms with Gasteiger partial charge >= 0.3 is 0 Å². The van der Waals surface area contributed by atoms with Crippen LogP contribution < -0.4 is 5.73 Å². The molecular weight excluding hydrogens is 214 g/mol. The van der Waals surface area contributed by atoms with Crippen LogP contribution in [0.5, 0.6) is 0 Å². The van der Waals surface area contributed by atoms with Gasteiger partial charge in [0.25, 0.3) is 0 Å². The molecule has 0 saturated heterocycles. The molecule has 0 spiro atoms. The lowest BCUT2D eigenvalue weighted by Crippen LogP contribution is -2.08. The average Bonchev–Trinajstić information content (AvgIpc) is 2.71. The van der Waals surface area contributed by atoms with Crippen molar-refractivity contribution in [2.24, 2.45) is 0 Å². The SMILES string of the molecule is CCc1nc(-n2cc(C)nc2CC)ncc1N. The van der Waals surface area contributed by atoms with Crippen molar-refractivity contribution in [3.05, 3.63) is 29.6 Å². The zero-order valence-corrected chi connectivity index (χ0v) is 10.4. The first-order valence-electron chi connectivity index (χ1n) is 5.82. The van der Waals surface area contributed by atoms with Gasteiger partial charge in [0.05, 0.1) is 23.3 Å². The summed E-state index contributed by atoms with van der Waals surface area (Å²) in [6.07, 6.45) is 5.26. The summed E-state index contributed by atoms with van der Waals surface area (Å²) in [6.45, 7) is 6.06. The van der Waals surface area contributed by atoms with Crippen LogP contribution in [0.4, 0.5) is 5.69 Å². The maximum atomic E-state index is 5.80.